The first-order valence-corrected chi connectivity index (χ1v) is 5.81. The van der Waals surface area contributed by atoms with Crippen LogP contribution in [0.1, 0.15) is 65.7 Å². The number of nitrogens with zero attached hydrogens (tertiary/aromatic N) is 1. The molecule has 0 aromatic carbocycles. The van der Waals surface area contributed by atoms with E-state index in [-0.39, 0.29) is 0 Å². The number of rotatable bonds is 8. The zero-order valence-corrected chi connectivity index (χ0v) is 9.60. The van der Waals surface area contributed by atoms with Gasteiger partial charge in [0.2, 0.25) is 0 Å². The van der Waals surface area contributed by atoms with Crippen molar-refractivity contribution in [2.24, 2.45) is 4.99 Å². The van der Waals surface area contributed by atoms with Crippen LogP contribution in [0.4, 0.5) is 0 Å². The van der Waals surface area contributed by atoms with Gasteiger partial charge in [-0.3, -0.25) is 4.99 Å². The number of hydrogen-bond donors (Lipinski definition) is 0. The lowest BCUT2D eigenvalue weighted by Gasteiger charge is -2.00. The van der Waals surface area contributed by atoms with Crippen LogP contribution in [0.25, 0.3) is 0 Å². The zero-order chi connectivity index (χ0) is 9.94. The van der Waals surface area contributed by atoms with Crippen LogP contribution in [0.5, 0.6) is 0 Å². The molecule has 0 saturated carbocycles. The van der Waals surface area contributed by atoms with E-state index in [0.29, 0.717) is 0 Å². The van der Waals surface area contributed by atoms with Gasteiger partial charge >= 0.3 is 0 Å². The van der Waals surface area contributed by atoms with Crippen LogP contribution in [-0.4, -0.2) is 12.3 Å². The van der Waals surface area contributed by atoms with Crippen molar-refractivity contribution in [2.75, 3.05) is 6.54 Å². The van der Waals surface area contributed by atoms with Crippen molar-refractivity contribution in [1.82, 2.24) is 0 Å². The Kier molecular flexibility index (Phi) is 9.51. The van der Waals surface area contributed by atoms with Gasteiger partial charge in [-0.1, -0.05) is 39.0 Å². The van der Waals surface area contributed by atoms with E-state index in [1.54, 1.807) is 0 Å². The first-order valence-electron chi connectivity index (χ1n) is 5.81. The van der Waals surface area contributed by atoms with Gasteiger partial charge in [-0.05, 0) is 26.7 Å². The molecule has 78 valence electrons. The molecule has 0 N–H and O–H groups in total. The third-order valence-electron chi connectivity index (χ3n) is 2.32. The summed E-state index contributed by atoms with van der Waals surface area (Å²) in [5.74, 6) is 0. The van der Waals surface area contributed by atoms with Crippen LogP contribution in [0.3, 0.4) is 0 Å². The Bertz CT molecular complexity index is 127. The third-order valence-corrected chi connectivity index (χ3v) is 2.32. The molecule has 0 spiro atoms. The number of hydrogen-bond acceptors (Lipinski definition) is 1. The van der Waals surface area contributed by atoms with E-state index in [4.69, 9.17) is 0 Å². The van der Waals surface area contributed by atoms with E-state index in [0.717, 1.165) is 6.54 Å². The fourth-order valence-corrected chi connectivity index (χ4v) is 1.51. The second kappa shape index (κ2) is 9.76. The first kappa shape index (κ1) is 12.7. The molecule has 13 heavy (non-hydrogen) atoms. The summed E-state index contributed by atoms with van der Waals surface area (Å²) in [6.45, 7) is 7.46. The van der Waals surface area contributed by atoms with Crippen LogP contribution in [0.2, 0.25) is 0 Å². The SMILES string of the molecule is CCCCCCCC/C(C)=N\CC. The van der Waals surface area contributed by atoms with Gasteiger partial charge in [0, 0.05) is 12.3 Å². The third kappa shape index (κ3) is 9.59. The standard InChI is InChI=1S/C12H25N/c1-4-6-7-8-9-10-11-12(3)13-5-2/h4-11H2,1-3H3/b13-12-. The van der Waals surface area contributed by atoms with Crippen LogP contribution in [0.15, 0.2) is 4.99 Å². The molecule has 0 aromatic heterocycles. The summed E-state index contributed by atoms with van der Waals surface area (Å²) in [5, 5.41) is 0. The molecule has 0 aliphatic rings. The van der Waals surface area contributed by atoms with Gasteiger partial charge in [0.15, 0.2) is 0 Å². The van der Waals surface area contributed by atoms with Gasteiger partial charge in [-0.2, -0.15) is 0 Å². The van der Waals surface area contributed by atoms with Crippen LogP contribution in [0, 0.1) is 0 Å². The Hall–Kier alpha value is -0.330. The van der Waals surface area contributed by atoms with Gasteiger partial charge in [-0.15, -0.1) is 0 Å². The maximum Gasteiger partial charge on any atom is 0.0360 e. The maximum atomic E-state index is 4.38. The molecule has 0 atom stereocenters. The van der Waals surface area contributed by atoms with Crippen molar-refractivity contribution >= 4 is 5.71 Å². The topological polar surface area (TPSA) is 12.4 Å². The predicted octanol–water partition coefficient (Wildman–Crippen LogP) is 4.22. The van der Waals surface area contributed by atoms with Crippen molar-refractivity contribution in [3.8, 4) is 0 Å². The second-order valence-electron chi connectivity index (χ2n) is 3.73. The minimum atomic E-state index is 0.946. The molecule has 0 rings (SSSR count). The van der Waals surface area contributed by atoms with Crippen molar-refractivity contribution in [2.45, 2.75) is 65.7 Å². The largest absolute Gasteiger partial charge is 0.295 e. The quantitative estimate of drug-likeness (QED) is 0.395. The molecule has 0 aromatic rings. The summed E-state index contributed by atoms with van der Waals surface area (Å²) in [5.41, 5.74) is 1.33. The van der Waals surface area contributed by atoms with E-state index in [1.807, 2.05) is 0 Å². The average Bonchev–Trinajstić information content (AvgIpc) is 2.11. The Labute approximate surface area is 83.6 Å². The summed E-state index contributed by atoms with van der Waals surface area (Å²) >= 11 is 0. The van der Waals surface area contributed by atoms with Gasteiger partial charge in [0.25, 0.3) is 0 Å². The summed E-state index contributed by atoms with van der Waals surface area (Å²) in [4.78, 5) is 4.38. The highest BCUT2D eigenvalue weighted by atomic mass is 14.7. The molecule has 0 bridgehead atoms. The fraction of sp³-hybridized carbons (Fsp3) is 0.917. The predicted molar refractivity (Wildman–Crippen MR) is 61.6 cm³/mol. The highest BCUT2D eigenvalue weighted by Crippen LogP contribution is 2.07. The summed E-state index contributed by atoms with van der Waals surface area (Å²) < 4.78 is 0. The van der Waals surface area contributed by atoms with E-state index in [2.05, 4.69) is 25.8 Å². The molecular weight excluding hydrogens is 158 g/mol. The van der Waals surface area contributed by atoms with Crippen molar-refractivity contribution in [3.63, 3.8) is 0 Å². The highest BCUT2D eigenvalue weighted by Gasteiger charge is 1.92. The molecule has 0 fully saturated rings. The van der Waals surface area contributed by atoms with E-state index in [1.165, 1.54) is 50.7 Å². The van der Waals surface area contributed by atoms with Gasteiger partial charge in [-0.25, -0.2) is 0 Å². The van der Waals surface area contributed by atoms with Crippen LogP contribution >= 0.6 is 0 Å². The molecule has 0 aliphatic carbocycles. The maximum absolute atomic E-state index is 4.38. The molecule has 1 heteroatoms. The molecule has 0 saturated heterocycles. The van der Waals surface area contributed by atoms with Crippen LogP contribution < -0.4 is 0 Å². The average molecular weight is 183 g/mol. The van der Waals surface area contributed by atoms with Crippen molar-refractivity contribution in [1.29, 1.82) is 0 Å². The molecular formula is C12H25N. The Morgan fingerprint density at radius 2 is 1.54 bits per heavy atom. The zero-order valence-electron chi connectivity index (χ0n) is 9.60. The van der Waals surface area contributed by atoms with Crippen molar-refractivity contribution in [3.05, 3.63) is 0 Å². The smallest absolute Gasteiger partial charge is 0.0360 e. The van der Waals surface area contributed by atoms with Crippen molar-refractivity contribution < 1.29 is 0 Å². The monoisotopic (exact) mass is 183 g/mol. The molecule has 0 aliphatic heterocycles. The first-order chi connectivity index (χ1) is 6.31. The molecule has 0 amide bonds. The molecule has 1 nitrogen and oxygen atoms in total. The fourth-order valence-electron chi connectivity index (χ4n) is 1.51. The minimum absolute atomic E-state index is 0.946. The Morgan fingerprint density at radius 3 is 2.15 bits per heavy atom. The lowest BCUT2D eigenvalue weighted by molar-refractivity contribution is 0.615. The lowest BCUT2D eigenvalue weighted by Crippen LogP contribution is -1.92. The normalized spacial score (nSPS) is 12.1. The highest BCUT2D eigenvalue weighted by molar-refractivity contribution is 5.81. The summed E-state index contributed by atoms with van der Waals surface area (Å²) in [6, 6.07) is 0. The lowest BCUT2D eigenvalue weighted by atomic mass is 10.1. The second-order valence-corrected chi connectivity index (χ2v) is 3.73. The number of unbranched alkanes of at least 4 members (excludes halogenated alkanes) is 5. The molecule has 0 radical (unpaired) electrons. The van der Waals surface area contributed by atoms with Crippen LogP contribution in [-0.2, 0) is 0 Å². The van der Waals surface area contributed by atoms with E-state index < -0.39 is 0 Å². The summed E-state index contributed by atoms with van der Waals surface area (Å²) in [6.07, 6.45) is 9.50. The summed E-state index contributed by atoms with van der Waals surface area (Å²) in [7, 11) is 0. The van der Waals surface area contributed by atoms with Gasteiger partial charge in [0.05, 0.1) is 0 Å². The Morgan fingerprint density at radius 1 is 0.923 bits per heavy atom. The van der Waals surface area contributed by atoms with E-state index in [9.17, 15) is 0 Å². The Balaban J connectivity index is 3.11. The minimum Gasteiger partial charge on any atom is -0.295 e. The molecule has 0 heterocycles. The molecule has 0 unspecified atom stereocenters. The van der Waals surface area contributed by atoms with Gasteiger partial charge in [0.1, 0.15) is 0 Å². The van der Waals surface area contributed by atoms with E-state index >= 15 is 0 Å². The number of aliphatic imine (C=N–C) groups is 1. The van der Waals surface area contributed by atoms with Gasteiger partial charge < -0.3 is 0 Å².